The topological polar surface area (TPSA) is 290 Å². The Morgan fingerprint density at radius 2 is 1.36 bits per heavy atom. The van der Waals surface area contributed by atoms with Crippen molar-refractivity contribution in [2.24, 2.45) is 0 Å². The Kier molecular flexibility index (Phi) is 8.87. The van der Waals surface area contributed by atoms with Crippen molar-refractivity contribution < 1.29 is 79.5 Å². The van der Waals surface area contributed by atoms with Crippen LogP contribution >= 0.6 is 0 Å². The summed E-state index contributed by atoms with van der Waals surface area (Å²) in [5, 5.41) is 111. The van der Waals surface area contributed by atoms with E-state index < -0.39 is 120 Å². The lowest BCUT2D eigenvalue weighted by Gasteiger charge is -2.45. The lowest BCUT2D eigenvalue weighted by atomic mass is 9.97. The molecule has 0 spiro atoms. The third-order valence-electron chi connectivity index (χ3n) is 7.35. The van der Waals surface area contributed by atoms with Crippen LogP contribution in [-0.4, -0.2) is 131 Å². The molecule has 1 aromatic heterocycles. The molecule has 44 heavy (non-hydrogen) atoms. The van der Waals surface area contributed by atoms with Gasteiger partial charge in [0, 0.05) is 17.7 Å². The number of hydrogen-bond donors (Lipinski definition) is 11. The molecule has 0 saturated carbocycles. The zero-order chi connectivity index (χ0) is 32.0. The van der Waals surface area contributed by atoms with Gasteiger partial charge in [-0.3, -0.25) is 4.79 Å². The summed E-state index contributed by atoms with van der Waals surface area (Å²) >= 11 is 0. The van der Waals surface area contributed by atoms with Crippen LogP contribution in [0.4, 0.5) is 0 Å². The predicted molar refractivity (Wildman–Crippen MR) is 142 cm³/mol. The van der Waals surface area contributed by atoms with Crippen LogP contribution in [0.3, 0.4) is 0 Å². The van der Waals surface area contributed by atoms with Crippen LogP contribution < -0.4 is 10.2 Å². The molecule has 2 saturated heterocycles. The minimum absolute atomic E-state index is 0.0599. The van der Waals surface area contributed by atoms with Crippen molar-refractivity contribution in [3.05, 3.63) is 40.6 Å². The van der Waals surface area contributed by atoms with Gasteiger partial charge in [-0.25, -0.2) is 0 Å². The normalized spacial score (nSPS) is 32.5. The van der Waals surface area contributed by atoms with Gasteiger partial charge < -0.3 is 79.5 Å². The summed E-state index contributed by atoms with van der Waals surface area (Å²) in [4.78, 5) is 13.6. The molecule has 0 aliphatic carbocycles. The van der Waals surface area contributed by atoms with Crippen LogP contribution in [0.25, 0.3) is 22.3 Å². The maximum atomic E-state index is 13.6. The van der Waals surface area contributed by atoms with E-state index in [-0.39, 0.29) is 11.1 Å². The summed E-state index contributed by atoms with van der Waals surface area (Å²) in [5.41, 5.74) is -1.43. The molecule has 0 radical (unpaired) electrons. The lowest BCUT2D eigenvalue weighted by molar-refractivity contribution is -0.352. The molecule has 0 bridgehead atoms. The molecule has 2 aliphatic rings. The van der Waals surface area contributed by atoms with Gasteiger partial charge in [0.05, 0.1) is 13.2 Å². The second kappa shape index (κ2) is 12.3. The number of fused-ring (bicyclic) bond motifs is 1. The molecule has 5 rings (SSSR count). The number of benzene rings is 2. The van der Waals surface area contributed by atoms with E-state index in [9.17, 15) is 61.0 Å². The van der Waals surface area contributed by atoms with Crippen LogP contribution in [-0.2, 0) is 14.2 Å². The molecule has 17 heteroatoms. The van der Waals surface area contributed by atoms with Gasteiger partial charge in [0.25, 0.3) is 0 Å². The number of aliphatic hydroxyl groups excluding tert-OH is 7. The lowest BCUT2D eigenvalue weighted by Crippen LogP contribution is -2.65. The van der Waals surface area contributed by atoms with E-state index in [1.165, 1.54) is 6.07 Å². The van der Waals surface area contributed by atoms with Crippen LogP contribution in [0.5, 0.6) is 28.7 Å². The number of ether oxygens (including phenoxy) is 4. The Labute approximate surface area is 246 Å². The average molecular weight is 627 g/mol. The zero-order valence-corrected chi connectivity index (χ0v) is 22.4. The Hall–Kier alpha value is -3.75. The minimum Gasteiger partial charge on any atom is -0.508 e. The maximum Gasteiger partial charge on any atom is 0.239 e. The molecular weight excluding hydrogens is 596 g/mol. The van der Waals surface area contributed by atoms with Gasteiger partial charge in [0.1, 0.15) is 71.3 Å². The van der Waals surface area contributed by atoms with Crippen LogP contribution in [0.1, 0.15) is 0 Å². The summed E-state index contributed by atoms with van der Waals surface area (Å²) in [6, 6.07) is 5.14. The molecule has 10 atom stereocenters. The average Bonchev–Trinajstić information content (AvgIpc) is 2.98. The Morgan fingerprint density at radius 1 is 0.705 bits per heavy atom. The monoisotopic (exact) mass is 626 g/mol. The molecule has 3 heterocycles. The quantitative estimate of drug-likeness (QED) is 0.119. The summed E-state index contributed by atoms with van der Waals surface area (Å²) in [6.45, 7) is -1.68. The van der Waals surface area contributed by atoms with Gasteiger partial charge in [0.2, 0.25) is 17.5 Å². The van der Waals surface area contributed by atoms with Gasteiger partial charge in [-0.2, -0.15) is 0 Å². The first kappa shape index (κ1) is 31.7. The highest BCUT2D eigenvalue weighted by Gasteiger charge is 2.51. The molecule has 10 unspecified atom stereocenters. The minimum atomic E-state index is -2.04. The van der Waals surface area contributed by atoms with Crippen molar-refractivity contribution in [2.45, 2.75) is 61.4 Å². The van der Waals surface area contributed by atoms with E-state index in [0.29, 0.717) is 0 Å². The van der Waals surface area contributed by atoms with E-state index in [1.54, 1.807) is 0 Å². The highest BCUT2D eigenvalue weighted by molar-refractivity contribution is 5.88. The summed E-state index contributed by atoms with van der Waals surface area (Å²) in [6.07, 6.45) is -17.9. The molecule has 17 nitrogen and oxygen atoms in total. The smallest absolute Gasteiger partial charge is 0.239 e. The summed E-state index contributed by atoms with van der Waals surface area (Å²) in [5.74, 6) is -3.49. The predicted octanol–water partition coefficient (Wildman–Crippen LogP) is -2.71. The van der Waals surface area contributed by atoms with Gasteiger partial charge in [-0.1, -0.05) is 0 Å². The van der Waals surface area contributed by atoms with Gasteiger partial charge in [-0.05, 0) is 18.2 Å². The summed E-state index contributed by atoms with van der Waals surface area (Å²) < 4.78 is 27.8. The second-order valence-corrected chi connectivity index (χ2v) is 10.3. The Morgan fingerprint density at radius 3 is 2.02 bits per heavy atom. The van der Waals surface area contributed by atoms with Crippen LogP contribution in [0, 0.1) is 0 Å². The highest BCUT2D eigenvalue weighted by Crippen LogP contribution is 2.40. The number of hydrogen-bond acceptors (Lipinski definition) is 17. The van der Waals surface area contributed by atoms with E-state index in [2.05, 4.69) is 0 Å². The first-order chi connectivity index (χ1) is 20.9. The SMILES string of the molecule is O=c1c(OC2OC(CO)C(O)C(OC3OC(CO)C(O)C(O)C3O)C2O)c(-c2ccc(O)c(O)c2)oc2cc(O)cc(O)c12. The third kappa shape index (κ3) is 5.61. The standard InChI is InChI=1S/C27H30O17/c28-6-14-17(34)20(37)21(38)26(41-14)43-24-18(35)15(7-29)42-27(22(24)39)44-25-19(36)16-12(33)4-9(30)5-13(16)40-23(25)8-1-2-10(31)11(32)3-8/h1-5,14-15,17-18,20-22,24,26-35,37-39H,6-7H2. The van der Waals surface area contributed by atoms with Gasteiger partial charge in [-0.15, -0.1) is 0 Å². The van der Waals surface area contributed by atoms with Crippen LogP contribution in [0.2, 0.25) is 0 Å². The zero-order valence-electron chi connectivity index (χ0n) is 22.4. The first-order valence-electron chi connectivity index (χ1n) is 13.2. The van der Waals surface area contributed by atoms with Gasteiger partial charge in [0.15, 0.2) is 23.5 Å². The molecule has 0 amide bonds. The number of phenolic OH excluding ortho intramolecular Hbond substituents is 4. The number of aliphatic hydroxyl groups is 7. The molecule has 2 aliphatic heterocycles. The van der Waals surface area contributed by atoms with Crippen LogP contribution in [0.15, 0.2) is 39.5 Å². The van der Waals surface area contributed by atoms with Gasteiger partial charge >= 0.3 is 0 Å². The largest absolute Gasteiger partial charge is 0.508 e. The van der Waals surface area contributed by atoms with Crippen molar-refractivity contribution >= 4 is 11.0 Å². The number of phenols is 4. The van der Waals surface area contributed by atoms with E-state index >= 15 is 0 Å². The maximum absolute atomic E-state index is 13.6. The fourth-order valence-electron chi connectivity index (χ4n) is 4.99. The Balaban J connectivity index is 1.55. The molecule has 240 valence electrons. The molecule has 2 aromatic carbocycles. The molecule has 2 fully saturated rings. The Bertz CT molecular complexity index is 1560. The summed E-state index contributed by atoms with van der Waals surface area (Å²) in [7, 11) is 0. The second-order valence-electron chi connectivity index (χ2n) is 10.3. The third-order valence-corrected chi connectivity index (χ3v) is 7.35. The van der Waals surface area contributed by atoms with Crippen molar-refractivity contribution in [2.75, 3.05) is 13.2 Å². The number of aromatic hydroxyl groups is 4. The van der Waals surface area contributed by atoms with E-state index in [0.717, 1.165) is 24.3 Å². The van der Waals surface area contributed by atoms with Crippen molar-refractivity contribution in [3.63, 3.8) is 0 Å². The van der Waals surface area contributed by atoms with Crippen molar-refractivity contribution in [1.82, 2.24) is 0 Å². The van der Waals surface area contributed by atoms with Crippen molar-refractivity contribution in [1.29, 1.82) is 0 Å². The van der Waals surface area contributed by atoms with Crippen molar-refractivity contribution in [3.8, 4) is 40.1 Å². The highest BCUT2D eigenvalue weighted by atomic mass is 16.7. The molecule has 3 aromatic rings. The fraction of sp³-hybridized carbons (Fsp3) is 0.444. The molecule has 11 N–H and O–H groups in total. The number of rotatable bonds is 7. The van der Waals surface area contributed by atoms with E-state index in [1.807, 2.05) is 0 Å². The fourth-order valence-corrected chi connectivity index (χ4v) is 4.99. The molecular formula is C27H30O17. The van der Waals surface area contributed by atoms with E-state index in [4.69, 9.17) is 23.4 Å². The first-order valence-corrected chi connectivity index (χ1v) is 13.2.